The molecule has 0 aliphatic heterocycles. The average molecular weight is 268 g/mol. The predicted molar refractivity (Wildman–Crippen MR) is 71.8 cm³/mol. The van der Waals surface area contributed by atoms with Crippen molar-refractivity contribution >= 4 is 11.8 Å². The summed E-state index contributed by atoms with van der Waals surface area (Å²) in [6.07, 6.45) is 1.94. The van der Waals surface area contributed by atoms with Gasteiger partial charge in [-0.1, -0.05) is 6.07 Å². The van der Waals surface area contributed by atoms with E-state index in [4.69, 9.17) is 5.26 Å². The van der Waals surface area contributed by atoms with Crippen LogP contribution in [0.2, 0.25) is 0 Å². The van der Waals surface area contributed by atoms with Crippen molar-refractivity contribution < 1.29 is 9.50 Å². The van der Waals surface area contributed by atoms with Crippen molar-refractivity contribution in [1.29, 1.82) is 5.26 Å². The summed E-state index contributed by atoms with van der Waals surface area (Å²) in [7, 11) is 0. The quantitative estimate of drug-likeness (QED) is 0.827. The van der Waals surface area contributed by atoms with Crippen LogP contribution in [0.3, 0.4) is 0 Å². The highest BCUT2D eigenvalue weighted by Crippen LogP contribution is 2.11. The monoisotopic (exact) mass is 268 g/mol. The second kappa shape index (κ2) is 6.74. The van der Waals surface area contributed by atoms with Gasteiger partial charge in [-0.15, -0.1) is 0 Å². The zero-order valence-electron chi connectivity index (χ0n) is 10.5. The van der Waals surface area contributed by atoms with Crippen molar-refractivity contribution in [2.24, 2.45) is 0 Å². The Morgan fingerprint density at radius 1 is 1.56 bits per heavy atom. The molecule has 1 unspecified atom stereocenters. The highest BCUT2D eigenvalue weighted by molar-refractivity contribution is 7.98. The van der Waals surface area contributed by atoms with Crippen LogP contribution in [0.1, 0.15) is 18.1 Å². The van der Waals surface area contributed by atoms with Crippen molar-refractivity contribution in [3.05, 3.63) is 35.1 Å². The molecule has 2 N–H and O–H groups in total. The molecule has 1 atom stereocenters. The molecule has 0 saturated carbocycles. The summed E-state index contributed by atoms with van der Waals surface area (Å²) in [4.78, 5) is 0. The Morgan fingerprint density at radius 2 is 2.28 bits per heavy atom. The zero-order chi connectivity index (χ0) is 13.6. The minimum atomic E-state index is -0.766. The van der Waals surface area contributed by atoms with Crippen LogP contribution in [0.15, 0.2) is 18.2 Å². The van der Waals surface area contributed by atoms with Crippen LogP contribution < -0.4 is 5.32 Å². The van der Waals surface area contributed by atoms with Gasteiger partial charge < -0.3 is 10.4 Å². The fourth-order valence-corrected chi connectivity index (χ4v) is 2.33. The van der Waals surface area contributed by atoms with Crippen molar-refractivity contribution in [1.82, 2.24) is 5.32 Å². The summed E-state index contributed by atoms with van der Waals surface area (Å²) in [5.74, 6) is 0.142. The number of nitrogens with one attached hydrogen (secondary N) is 1. The number of nitriles is 1. The Bertz CT molecular complexity index is 443. The summed E-state index contributed by atoms with van der Waals surface area (Å²) in [5, 5.41) is 21.8. The predicted octanol–water partition coefficient (Wildman–Crippen LogP) is 1.90. The van der Waals surface area contributed by atoms with Gasteiger partial charge in [-0.2, -0.15) is 17.0 Å². The van der Waals surface area contributed by atoms with Gasteiger partial charge in [0.15, 0.2) is 0 Å². The fraction of sp³-hybridized carbons (Fsp3) is 0.462. The molecule has 0 aliphatic rings. The van der Waals surface area contributed by atoms with E-state index in [1.54, 1.807) is 24.8 Å². The first-order valence-electron chi connectivity index (χ1n) is 5.59. The molecule has 0 amide bonds. The standard InChI is InChI=1S/C13H17FN2OS/c1-13(17,9-18-2)8-16-7-10-3-4-12(14)11(5-10)6-15/h3-5,16-17H,7-9H2,1-2H3. The van der Waals surface area contributed by atoms with E-state index >= 15 is 0 Å². The molecule has 98 valence electrons. The lowest BCUT2D eigenvalue weighted by Crippen LogP contribution is -2.39. The summed E-state index contributed by atoms with van der Waals surface area (Å²) in [6.45, 7) is 2.72. The number of rotatable bonds is 6. The van der Waals surface area contributed by atoms with Gasteiger partial charge in [-0.25, -0.2) is 4.39 Å². The van der Waals surface area contributed by atoms with Crippen LogP contribution >= 0.6 is 11.8 Å². The van der Waals surface area contributed by atoms with E-state index in [1.807, 2.05) is 12.3 Å². The molecular formula is C13H17FN2OS. The third-order valence-corrected chi connectivity index (χ3v) is 3.35. The second-order valence-corrected chi connectivity index (χ2v) is 5.33. The first-order valence-corrected chi connectivity index (χ1v) is 6.98. The van der Waals surface area contributed by atoms with E-state index in [-0.39, 0.29) is 5.56 Å². The normalized spacial score (nSPS) is 13.9. The molecule has 0 fully saturated rings. The maximum Gasteiger partial charge on any atom is 0.140 e. The zero-order valence-corrected chi connectivity index (χ0v) is 11.4. The maximum absolute atomic E-state index is 13.1. The lowest BCUT2D eigenvalue weighted by atomic mass is 10.1. The van der Waals surface area contributed by atoms with Crippen LogP contribution in [-0.4, -0.2) is 29.3 Å². The molecule has 0 spiro atoms. The van der Waals surface area contributed by atoms with Crippen LogP contribution in [0.4, 0.5) is 4.39 Å². The van der Waals surface area contributed by atoms with E-state index in [1.165, 1.54) is 12.1 Å². The molecule has 0 aliphatic carbocycles. The molecule has 5 heteroatoms. The third kappa shape index (κ3) is 4.65. The van der Waals surface area contributed by atoms with E-state index in [2.05, 4.69) is 5.32 Å². The van der Waals surface area contributed by atoms with Crippen molar-refractivity contribution in [2.45, 2.75) is 19.1 Å². The Morgan fingerprint density at radius 3 is 2.89 bits per heavy atom. The molecule has 1 rings (SSSR count). The Labute approximate surface area is 111 Å². The smallest absolute Gasteiger partial charge is 0.140 e. The first-order chi connectivity index (χ1) is 8.48. The van der Waals surface area contributed by atoms with Gasteiger partial charge in [-0.05, 0) is 30.9 Å². The Hall–Kier alpha value is -1.09. The molecular weight excluding hydrogens is 251 g/mol. The molecule has 0 bridgehead atoms. The number of halogens is 1. The van der Waals surface area contributed by atoms with Crippen LogP contribution in [0.25, 0.3) is 0 Å². The maximum atomic E-state index is 13.1. The average Bonchev–Trinajstić information content (AvgIpc) is 2.31. The highest BCUT2D eigenvalue weighted by atomic mass is 32.2. The second-order valence-electron chi connectivity index (χ2n) is 4.46. The Kier molecular flexibility index (Phi) is 5.60. The number of nitrogens with zero attached hydrogens (tertiary/aromatic N) is 1. The van der Waals surface area contributed by atoms with E-state index < -0.39 is 11.4 Å². The van der Waals surface area contributed by atoms with E-state index in [0.29, 0.717) is 18.8 Å². The lowest BCUT2D eigenvalue weighted by molar-refractivity contribution is 0.0846. The van der Waals surface area contributed by atoms with Crippen molar-refractivity contribution in [3.63, 3.8) is 0 Å². The van der Waals surface area contributed by atoms with E-state index in [9.17, 15) is 9.50 Å². The minimum Gasteiger partial charge on any atom is -0.388 e. The number of aliphatic hydroxyl groups is 1. The Balaban J connectivity index is 2.52. The summed E-state index contributed by atoms with van der Waals surface area (Å²) >= 11 is 1.58. The third-order valence-electron chi connectivity index (χ3n) is 2.44. The molecule has 0 heterocycles. The van der Waals surface area contributed by atoms with Crippen LogP contribution in [0.5, 0.6) is 0 Å². The van der Waals surface area contributed by atoms with Crippen molar-refractivity contribution in [3.8, 4) is 6.07 Å². The van der Waals surface area contributed by atoms with Crippen molar-refractivity contribution in [2.75, 3.05) is 18.6 Å². The van der Waals surface area contributed by atoms with Gasteiger partial charge >= 0.3 is 0 Å². The summed E-state index contributed by atoms with van der Waals surface area (Å²) in [5.41, 5.74) is 0.107. The van der Waals surface area contributed by atoms with Gasteiger partial charge in [0, 0.05) is 18.8 Å². The molecule has 0 saturated heterocycles. The molecule has 0 radical (unpaired) electrons. The highest BCUT2D eigenvalue weighted by Gasteiger charge is 2.18. The lowest BCUT2D eigenvalue weighted by Gasteiger charge is -2.22. The fourth-order valence-electron chi connectivity index (χ4n) is 1.61. The van der Waals surface area contributed by atoms with Crippen LogP contribution in [-0.2, 0) is 6.54 Å². The number of benzene rings is 1. The SMILES string of the molecule is CSCC(C)(O)CNCc1ccc(F)c(C#N)c1. The first kappa shape index (κ1) is 15.0. The number of thioether (sulfide) groups is 1. The minimum absolute atomic E-state index is 0.0465. The molecule has 3 nitrogen and oxygen atoms in total. The summed E-state index contributed by atoms with van der Waals surface area (Å²) < 4.78 is 13.1. The summed E-state index contributed by atoms with van der Waals surface area (Å²) in [6, 6.07) is 6.25. The number of hydrogen-bond acceptors (Lipinski definition) is 4. The van der Waals surface area contributed by atoms with Crippen LogP contribution in [0, 0.1) is 17.1 Å². The van der Waals surface area contributed by atoms with E-state index in [0.717, 1.165) is 5.56 Å². The van der Waals surface area contributed by atoms with Gasteiger partial charge in [0.2, 0.25) is 0 Å². The van der Waals surface area contributed by atoms with Gasteiger partial charge in [0.25, 0.3) is 0 Å². The number of hydrogen-bond donors (Lipinski definition) is 2. The molecule has 0 aromatic heterocycles. The van der Waals surface area contributed by atoms with Gasteiger partial charge in [0.1, 0.15) is 11.9 Å². The largest absolute Gasteiger partial charge is 0.388 e. The van der Waals surface area contributed by atoms with Gasteiger partial charge in [0.05, 0.1) is 11.2 Å². The molecule has 18 heavy (non-hydrogen) atoms. The molecule has 1 aromatic carbocycles. The topological polar surface area (TPSA) is 56.0 Å². The van der Waals surface area contributed by atoms with Gasteiger partial charge in [-0.3, -0.25) is 0 Å². The molecule has 1 aromatic rings.